The highest BCUT2D eigenvalue weighted by molar-refractivity contribution is 7.97. The van der Waals surface area contributed by atoms with Crippen LogP contribution in [-0.4, -0.2) is 51.5 Å². The molecular weight excluding hydrogens is 546 g/mol. The number of methoxy groups -OCH3 is 2. The van der Waals surface area contributed by atoms with E-state index >= 15 is 0 Å². The van der Waals surface area contributed by atoms with Gasteiger partial charge in [-0.15, -0.1) is 0 Å². The van der Waals surface area contributed by atoms with Gasteiger partial charge in [-0.1, -0.05) is 45.7 Å². The Balaban J connectivity index is 0.00000181. The van der Waals surface area contributed by atoms with Crippen LogP contribution in [-0.2, 0) is 17.3 Å². The topological polar surface area (TPSA) is 95.3 Å². The molecule has 0 amide bonds. The molecule has 1 unspecified atom stereocenters. The fourth-order valence-corrected chi connectivity index (χ4v) is 4.91. The minimum absolute atomic E-state index is 0.148. The third-order valence-corrected chi connectivity index (χ3v) is 6.98. The van der Waals surface area contributed by atoms with E-state index in [0.717, 1.165) is 11.6 Å². The number of nitrogens with zero attached hydrogens (tertiary/aromatic N) is 3. The Kier molecular flexibility index (Phi) is 16.2. The van der Waals surface area contributed by atoms with Crippen molar-refractivity contribution in [3.63, 3.8) is 0 Å². The van der Waals surface area contributed by atoms with E-state index in [2.05, 4.69) is 14.7 Å². The summed E-state index contributed by atoms with van der Waals surface area (Å²) in [7, 11) is 3.20. The number of hydrogen-bond donors (Lipinski definition) is 1. The molecule has 0 aliphatic carbocycles. The summed E-state index contributed by atoms with van der Waals surface area (Å²) in [5.41, 5.74) is 0.583. The zero-order chi connectivity index (χ0) is 29.4. The highest BCUT2D eigenvalue weighted by Gasteiger charge is 2.18. The first kappa shape index (κ1) is 34.2. The molecule has 2 aromatic heterocycles. The van der Waals surface area contributed by atoms with Gasteiger partial charge in [0.2, 0.25) is 5.16 Å². The Bertz CT molecular complexity index is 1240. The molecule has 0 fully saturated rings. The fourth-order valence-electron chi connectivity index (χ4n) is 3.24. The van der Waals surface area contributed by atoms with Gasteiger partial charge in [0.25, 0.3) is 12.0 Å². The molecule has 0 spiro atoms. The van der Waals surface area contributed by atoms with Crippen LogP contribution >= 0.6 is 11.9 Å². The highest BCUT2D eigenvalue weighted by Crippen LogP contribution is 2.28. The van der Waals surface area contributed by atoms with Gasteiger partial charge in [-0.2, -0.15) is 0 Å². The molecule has 39 heavy (non-hydrogen) atoms. The summed E-state index contributed by atoms with van der Waals surface area (Å²) in [5.74, 6) is 2.04. The first-order valence-corrected chi connectivity index (χ1v) is 14.9. The minimum atomic E-state index is -2.86. The highest BCUT2D eigenvalue weighted by atomic mass is 32.2. The van der Waals surface area contributed by atoms with Crippen molar-refractivity contribution in [3.05, 3.63) is 64.2 Å². The van der Waals surface area contributed by atoms with E-state index in [-0.39, 0.29) is 28.7 Å². The lowest BCUT2D eigenvalue weighted by atomic mass is 10.1. The van der Waals surface area contributed by atoms with E-state index in [0.29, 0.717) is 29.2 Å². The second-order valence-electron chi connectivity index (χ2n) is 7.29. The number of pyridine rings is 1. The molecule has 3 aromatic rings. The average Bonchev–Trinajstić information content (AvgIpc) is 2.98. The van der Waals surface area contributed by atoms with Gasteiger partial charge in [0.15, 0.2) is 11.5 Å². The number of alkyl halides is 2. The zero-order valence-electron chi connectivity index (χ0n) is 23.5. The lowest BCUT2D eigenvalue weighted by molar-refractivity contribution is 0.145. The van der Waals surface area contributed by atoms with E-state index in [1.165, 1.54) is 49.1 Å². The zero-order valence-corrected chi connectivity index (χ0v) is 25.1. The molecule has 0 radical (unpaired) electrons. The summed E-state index contributed by atoms with van der Waals surface area (Å²) in [6.07, 6.45) is -0.719. The Labute approximate surface area is 236 Å². The second kappa shape index (κ2) is 18.5. The van der Waals surface area contributed by atoms with Gasteiger partial charge in [-0.25, -0.2) is 18.7 Å². The van der Waals surface area contributed by atoms with Gasteiger partial charge < -0.3 is 14.0 Å². The molecule has 0 bridgehead atoms. The van der Waals surface area contributed by atoms with Crippen LogP contribution in [0.2, 0.25) is 0 Å². The largest absolute Gasteiger partial charge is 0.493 e. The predicted octanol–water partition coefficient (Wildman–Crippen LogP) is 5.73. The molecule has 12 heteroatoms. The summed E-state index contributed by atoms with van der Waals surface area (Å²) in [6, 6.07) is 9.29. The van der Waals surface area contributed by atoms with Crippen molar-refractivity contribution < 1.29 is 22.5 Å². The lowest BCUT2D eigenvalue weighted by Crippen LogP contribution is -2.19. The number of rotatable bonds is 12. The van der Waals surface area contributed by atoms with Gasteiger partial charge in [-0.05, 0) is 43.3 Å². The van der Waals surface area contributed by atoms with Crippen molar-refractivity contribution >= 4 is 22.7 Å². The maximum atomic E-state index is 13.5. The molecule has 0 aliphatic heterocycles. The van der Waals surface area contributed by atoms with Crippen molar-refractivity contribution in [2.75, 3.05) is 32.8 Å². The molecule has 1 atom stereocenters. The predicted molar refractivity (Wildman–Crippen MR) is 155 cm³/mol. The molecule has 216 valence electrons. The van der Waals surface area contributed by atoms with Crippen LogP contribution in [0.15, 0.2) is 52.5 Å². The number of hydrogen-bond acceptors (Lipinski definition) is 8. The Hall–Kier alpha value is -2.83. The normalized spacial score (nSPS) is 11.1. The summed E-state index contributed by atoms with van der Waals surface area (Å²) in [5, 5.41) is -0.148. The van der Waals surface area contributed by atoms with Crippen molar-refractivity contribution in [2.45, 2.75) is 52.2 Å². The number of aromatic nitrogens is 3. The molecule has 0 saturated heterocycles. The van der Waals surface area contributed by atoms with Gasteiger partial charge in [0.05, 0.1) is 37.3 Å². The second-order valence-corrected chi connectivity index (χ2v) is 9.86. The van der Waals surface area contributed by atoms with Crippen LogP contribution in [0.4, 0.5) is 8.78 Å². The number of ether oxygens (including phenoxy) is 2. The molecule has 2 heterocycles. The summed E-state index contributed by atoms with van der Waals surface area (Å²) in [6.45, 7) is 8.21. The van der Waals surface area contributed by atoms with Gasteiger partial charge in [0.1, 0.15) is 5.69 Å². The SMILES string of the molecule is CC.CC.CNSCCCS(=O)c1nc(-c2ccc(=O)n(Cc3ccc(OC)c(OC)c3)c2)cc(C(F)F)n1. The molecule has 1 N–H and O–H groups in total. The maximum absolute atomic E-state index is 13.5. The Morgan fingerprint density at radius 2 is 1.72 bits per heavy atom. The van der Waals surface area contributed by atoms with Crippen molar-refractivity contribution in [2.24, 2.45) is 0 Å². The molecule has 3 rings (SSSR count). The third kappa shape index (κ3) is 10.3. The molecule has 1 aromatic carbocycles. The smallest absolute Gasteiger partial charge is 0.280 e. The van der Waals surface area contributed by atoms with Gasteiger partial charge in [-0.3, -0.25) is 13.7 Å². The number of halogens is 2. The molecule has 8 nitrogen and oxygen atoms in total. The standard InChI is InChI=1S/C23H26F2N4O4S2.2C2H6/c1-26-34-9-4-10-35(31)23-27-17(12-18(28-23)22(24)25)16-6-8-21(30)29(14-16)13-15-5-7-19(32-2)20(11-15)33-3;2*1-2/h5-8,11-12,14,22,26H,4,9-10,13H2,1-3H3;2*1-2H3. The number of nitrogens with one attached hydrogen (secondary N) is 1. The van der Waals surface area contributed by atoms with E-state index in [1.54, 1.807) is 25.2 Å². The third-order valence-electron chi connectivity index (χ3n) is 4.95. The average molecular weight is 585 g/mol. The Morgan fingerprint density at radius 3 is 2.33 bits per heavy atom. The summed E-state index contributed by atoms with van der Waals surface area (Å²) < 4.78 is 54.7. The minimum Gasteiger partial charge on any atom is -0.493 e. The summed E-state index contributed by atoms with van der Waals surface area (Å²) in [4.78, 5) is 20.6. The molecular formula is C27H38F2N4O4S2. The lowest BCUT2D eigenvalue weighted by Gasteiger charge is -2.12. The monoisotopic (exact) mass is 584 g/mol. The van der Waals surface area contributed by atoms with Crippen molar-refractivity contribution in [1.82, 2.24) is 19.3 Å². The van der Waals surface area contributed by atoms with Crippen LogP contribution < -0.4 is 19.8 Å². The van der Waals surface area contributed by atoms with Crippen molar-refractivity contribution in [3.8, 4) is 22.8 Å². The van der Waals surface area contributed by atoms with E-state index in [9.17, 15) is 17.8 Å². The van der Waals surface area contributed by atoms with Crippen molar-refractivity contribution in [1.29, 1.82) is 0 Å². The first-order valence-electron chi connectivity index (χ1n) is 12.6. The van der Waals surface area contributed by atoms with Crippen LogP contribution in [0.3, 0.4) is 0 Å². The van der Waals surface area contributed by atoms with E-state index in [1.807, 2.05) is 27.7 Å². The number of benzene rings is 1. The maximum Gasteiger partial charge on any atom is 0.280 e. The van der Waals surface area contributed by atoms with Gasteiger partial charge >= 0.3 is 0 Å². The van der Waals surface area contributed by atoms with E-state index in [4.69, 9.17) is 9.47 Å². The summed E-state index contributed by atoms with van der Waals surface area (Å²) >= 11 is 1.47. The van der Waals surface area contributed by atoms with Crippen LogP contribution in [0.1, 0.15) is 51.8 Å². The molecule has 0 saturated carbocycles. The van der Waals surface area contributed by atoms with E-state index < -0.39 is 22.9 Å². The van der Waals surface area contributed by atoms with Crippen LogP contribution in [0, 0.1) is 0 Å². The van der Waals surface area contributed by atoms with Crippen LogP contribution in [0.5, 0.6) is 11.5 Å². The van der Waals surface area contributed by atoms with Gasteiger partial charge in [0, 0.05) is 29.3 Å². The Morgan fingerprint density at radius 1 is 1.03 bits per heavy atom. The molecule has 0 aliphatic rings. The fraction of sp³-hybridized carbons (Fsp3) is 0.444. The first-order chi connectivity index (χ1) is 18.9. The van der Waals surface area contributed by atoms with Crippen LogP contribution in [0.25, 0.3) is 11.3 Å². The quantitative estimate of drug-likeness (QED) is 0.164.